The van der Waals surface area contributed by atoms with Gasteiger partial charge in [-0.1, -0.05) is 18.1 Å². The van der Waals surface area contributed by atoms with E-state index in [-0.39, 0.29) is 0 Å². The fourth-order valence-electron chi connectivity index (χ4n) is 2.30. The minimum absolute atomic E-state index is 0.313. The van der Waals surface area contributed by atoms with Gasteiger partial charge in [0.1, 0.15) is 6.04 Å². The van der Waals surface area contributed by atoms with Crippen LogP contribution in [0.1, 0.15) is 34.6 Å². The molecule has 2 atom stereocenters. The quantitative estimate of drug-likeness (QED) is 0.648. The smallest absolute Gasteiger partial charge is 0.404 e. The van der Waals surface area contributed by atoms with Crippen molar-refractivity contribution in [3.8, 4) is 11.8 Å². The summed E-state index contributed by atoms with van der Waals surface area (Å²) < 4.78 is 0. The van der Waals surface area contributed by atoms with Crippen molar-refractivity contribution in [3.05, 3.63) is 35.4 Å². The number of hydrogen-bond acceptors (Lipinski definition) is 3. The van der Waals surface area contributed by atoms with Gasteiger partial charge in [0.2, 0.25) is 0 Å². The third-order valence-corrected chi connectivity index (χ3v) is 3.22. The van der Waals surface area contributed by atoms with Crippen LogP contribution in [0.5, 0.6) is 0 Å². The molecule has 0 saturated heterocycles. The minimum atomic E-state index is -1.23. The summed E-state index contributed by atoms with van der Waals surface area (Å²) in [5, 5.41) is 11.0. The molecule has 1 heterocycles. The largest absolute Gasteiger partial charge is 0.465 e. The van der Waals surface area contributed by atoms with Crippen molar-refractivity contribution in [3.63, 3.8) is 0 Å². The molecule has 1 aromatic carbocycles. The normalized spacial score (nSPS) is 15.8. The van der Waals surface area contributed by atoms with E-state index in [9.17, 15) is 14.4 Å². The molecule has 21 heavy (non-hydrogen) atoms. The van der Waals surface area contributed by atoms with Crippen molar-refractivity contribution in [1.29, 1.82) is 0 Å². The Morgan fingerprint density at radius 2 is 1.76 bits per heavy atom. The molecule has 0 bridgehead atoms. The third kappa shape index (κ3) is 2.58. The summed E-state index contributed by atoms with van der Waals surface area (Å²) >= 11 is 0. The van der Waals surface area contributed by atoms with Crippen molar-refractivity contribution in [2.45, 2.75) is 25.9 Å². The second kappa shape index (κ2) is 5.67. The maximum Gasteiger partial charge on any atom is 0.404 e. The standard InChI is InChI=1S/C15H14N2O4/c1-3-6-12(9(2)16-15(20)21)17-13(18)10-7-4-5-8-11(10)14(17)19/h4-5,7-9,12,16H,1-2H3,(H,20,21). The van der Waals surface area contributed by atoms with E-state index in [1.807, 2.05) is 0 Å². The Bertz CT molecular complexity index is 637. The number of nitrogens with one attached hydrogen (secondary N) is 1. The van der Waals surface area contributed by atoms with Gasteiger partial charge in [0.25, 0.3) is 11.8 Å². The van der Waals surface area contributed by atoms with Gasteiger partial charge in [0.15, 0.2) is 0 Å². The zero-order valence-electron chi connectivity index (χ0n) is 11.6. The van der Waals surface area contributed by atoms with Crippen LogP contribution in [-0.2, 0) is 0 Å². The van der Waals surface area contributed by atoms with Gasteiger partial charge < -0.3 is 10.4 Å². The number of carbonyl (C=O) groups excluding carboxylic acids is 2. The number of rotatable bonds is 3. The van der Waals surface area contributed by atoms with E-state index in [2.05, 4.69) is 17.2 Å². The lowest BCUT2D eigenvalue weighted by Crippen LogP contribution is -2.51. The molecule has 0 aromatic heterocycles. The molecule has 2 unspecified atom stereocenters. The SMILES string of the molecule is CC#CC(C(C)NC(=O)O)N1C(=O)c2ccccc2C1=O. The highest BCUT2D eigenvalue weighted by molar-refractivity contribution is 6.21. The van der Waals surface area contributed by atoms with Gasteiger partial charge in [-0.3, -0.25) is 14.5 Å². The van der Waals surface area contributed by atoms with Crippen LogP contribution in [0.4, 0.5) is 4.79 Å². The van der Waals surface area contributed by atoms with Crippen LogP contribution in [0.2, 0.25) is 0 Å². The molecule has 6 heteroatoms. The Morgan fingerprint density at radius 1 is 1.24 bits per heavy atom. The Morgan fingerprint density at radius 3 is 2.19 bits per heavy atom. The Kier molecular flexibility index (Phi) is 3.94. The molecule has 0 aliphatic carbocycles. The van der Waals surface area contributed by atoms with Crippen molar-refractivity contribution in [2.75, 3.05) is 0 Å². The monoisotopic (exact) mass is 286 g/mol. The van der Waals surface area contributed by atoms with E-state index in [1.54, 1.807) is 38.1 Å². The Labute approximate surface area is 121 Å². The van der Waals surface area contributed by atoms with Crippen molar-refractivity contribution >= 4 is 17.9 Å². The molecular formula is C15H14N2O4. The molecule has 0 fully saturated rings. The number of nitrogens with zero attached hydrogens (tertiary/aromatic N) is 1. The number of fused-ring (bicyclic) bond motifs is 1. The fraction of sp³-hybridized carbons (Fsp3) is 0.267. The van der Waals surface area contributed by atoms with Gasteiger partial charge in [-0.05, 0) is 26.0 Å². The van der Waals surface area contributed by atoms with E-state index in [4.69, 9.17) is 5.11 Å². The Hall–Kier alpha value is -2.81. The average molecular weight is 286 g/mol. The van der Waals surface area contributed by atoms with Crippen molar-refractivity contribution in [2.24, 2.45) is 0 Å². The zero-order chi connectivity index (χ0) is 15.6. The van der Waals surface area contributed by atoms with Crippen LogP contribution in [-0.4, -0.2) is 40.0 Å². The molecule has 0 spiro atoms. The lowest BCUT2D eigenvalue weighted by molar-refractivity contribution is 0.0596. The summed E-state index contributed by atoms with van der Waals surface area (Å²) in [5.41, 5.74) is 0.626. The molecular weight excluding hydrogens is 272 g/mol. The van der Waals surface area contributed by atoms with Gasteiger partial charge >= 0.3 is 6.09 Å². The first-order valence-electron chi connectivity index (χ1n) is 6.36. The van der Waals surface area contributed by atoms with Gasteiger partial charge in [0.05, 0.1) is 17.2 Å². The number of amides is 3. The molecule has 1 aliphatic heterocycles. The molecule has 108 valence electrons. The third-order valence-electron chi connectivity index (χ3n) is 3.22. The highest BCUT2D eigenvalue weighted by atomic mass is 16.4. The maximum atomic E-state index is 12.4. The number of benzene rings is 1. The van der Waals surface area contributed by atoms with Crippen LogP contribution in [0.3, 0.4) is 0 Å². The van der Waals surface area contributed by atoms with E-state index in [0.29, 0.717) is 11.1 Å². The number of imide groups is 1. The molecule has 0 saturated carbocycles. The van der Waals surface area contributed by atoms with Crippen LogP contribution in [0, 0.1) is 11.8 Å². The number of carboxylic acid groups (broad SMARTS) is 1. The molecule has 6 nitrogen and oxygen atoms in total. The van der Waals surface area contributed by atoms with Crippen molar-refractivity contribution in [1.82, 2.24) is 10.2 Å². The van der Waals surface area contributed by atoms with E-state index in [0.717, 1.165) is 4.90 Å². The molecule has 1 aromatic rings. The van der Waals surface area contributed by atoms with Crippen molar-refractivity contribution < 1.29 is 19.5 Å². The first-order chi connectivity index (χ1) is 9.97. The summed E-state index contributed by atoms with van der Waals surface area (Å²) in [4.78, 5) is 36.5. The van der Waals surface area contributed by atoms with Gasteiger partial charge in [0, 0.05) is 0 Å². The van der Waals surface area contributed by atoms with Crippen LogP contribution in [0.25, 0.3) is 0 Å². The van der Waals surface area contributed by atoms with Crippen LogP contribution < -0.4 is 5.32 Å². The maximum absolute atomic E-state index is 12.4. The molecule has 0 radical (unpaired) electrons. The van der Waals surface area contributed by atoms with Gasteiger partial charge in [-0.2, -0.15) is 0 Å². The minimum Gasteiger partial charge on any atom is -0.465 e. The fourth-order valence-corrected chi connectivity index (χ4v) is 2.30. The average Bonchev–Trinajstić information content (AvgIpc) is 2.68. The summed E-state index contributed by atoms with van der Waals surface area (Å²) in [7, 11) is 0. The zero-order valence-corrected chi connectivity index (χ0v) is 11.6. The van der Waals surface area contributed by atoms with Crippen LogP contribution >= 0.6 is 0 Å². The molecule has 2 N–H and O–H groups in total. The van der Waals surface area contributed by atoms with E-state index >= 15 is 0 Å². The number of carbonyl (C=O) groups is 3. The molecule has 2 rings (SSSR count). The predicted octanol–water partition coefficient (Wildman–Crippen LogP) is 1.33. The topological polar surface area (TPSA) is 86.7 Å². The lowest BCUT2D eigenvalue weighted by Gasteiger charge is -2.26. The summed E-state index contributed by atoms with van der Waals surface area (Å²) in [6.07, 6.45) is -1.23. The lowest BCUT2D eigenvalue weighted by atomic mass is 10.1. The highest BCUT2D eigenvalue weighted by Crippen LogP contribution is 2.25. The van der Waals surface area contributed by atoms with Gasteiger partial charge in [-0.15, -0.1) is 5.92 Å². The summed E-state index contributed by atoms with van der Waals surface area (Å²) in [5.74, 6) is 4.46. The van der Waals surface area contributed by atoms with E-state index in [1.165, 1.54) is 0 Å². The first-order valence-corrected chi connectivity index (χ1v) is 6.36. The second-order valence-electron chi connectivity index (χ2n) is 4.60. The summed E-state index contributed by atoms with van der Waals surface area (Å²) in [6.45, 7) is 3.13. The summed E-state index contributed by atoms with van der Waals surface area (Å²) in [6, 6.07) is 4.94. The van der Waals surface area contributed by atoms with Crippen LogP contribution in [0.15, 0.2) is 24.3 Å². The molecule has 3 amide bonds. The second-order valence-corrected chi connectivity index (χ2v) is 4.60. The predicted molar refractivity (Wildman–Crippen MR) is 74.8 cm³/mol. The molecule has 1 aliphatic rings. The highest BCUT2D eigenvalue weighted by Gasteiger charge is 2.41. The van der Waals surface area contributed by atoms with E-state index < -0.39 is 30.0 Å². The van der Waals surface area contributed by atoms with Gasteiger partial charge in [-0.25, -0.2) is 4.79 Å². The number of hydrogen-bond donors (Lipinski definition) is 2. The Balaban J connectivity index is 2.39. The first kappa shape index (κ1) is 14.6.